The summed E-state index contributed by atoms with van der Waals surface area (Å²) < 4.78 is 0. The first-order chi connectivity index (χ1) is 19.6. The van der Waals surface area contributed by atoms with Gasteiger partial charge in [0.15, 0.2) is 0 Å². The number of likely N-dealkylation sites (N-methyl/N-ethyl adjacent to an activating group) is 1. The number of carbonyl (C=O) groups is 6. The van der Waals surface area contributed by atoms with E-state index < -0.39 is 41.8 Å². The number of benzene rings is 1. The number of allylic oxidation sites excluding steroid dienone is 4. The number of carboxylic acid groups (broad SMARTS) is 1. The summed E-state index contributed by atoms with van der Waals surface area (Å²) in [7, 11) is 1.39. The van der Waals surface area contributed by atoms with Crippen molar-refractivity contribution in [3.63, 3.8) is 0 Å². The van der Waals surface area contributed by atoms with Gasteiger partial charge in [-0.2, -0.15) is 0 Å². The summed E-state index contributed by atoms with van der Waals surface area (Å²) in [5, 5.41) is 21.5. The van der Waals surface area contributed by atoms with Crippen LogP contribution in [0.25, 0.3) is 0 Å². The zero-order valence-electron chi connectivity index (χ0n) is 23.4. The van der Waals surface area contributed by atoms with E-state index in [0.29, 0.717) is 19.3 Å². The van der Waals surface area contributed by atoms with Crippen LogP contribution in [0.5, 0.6) is 0 Å². The van der Waals surface area contributed by atoms with Gasteiger partial charge in [-0.05, 0) is 50.3 Å². The van der Waals surface area contributed by atoms with Crippen molar-refractivity contribution >= 4 is 35.5 Å². The van der Waals surface area contributed by atoms with Crippen LogP contribution in [0.1, 0.15) is 54.9 Å². The molecule has 0 aromatic heterocycles. The number of Topliss-reactive ketones (excluding diaryl/α,β-unsaturated/α-hetero) is 1. The van der Waals surface area contributed by atoms with E-state index in [0.717, 1.165) is 5.56 Å². The molecule has 12 heteroatoms. The maximum atomic E-state index is 12.3. The van der Waals surface area contributed by atoms with Gasteiger partial charge in [0.25, 0.3) is 0 Å². The number of aryl methyl sites for hydroxylation is 1. The van der Waals surface area contributed by atoms with E-state index in [4.69, 9.17) is 5.11 Å². The Bertz CT molecular complexity index is 1130. The van der Waals surface area contributed by atoms with E-state index in [1.165, 1.54) is 26.1 Å². The number of rotatable bonds is 18. The zero-order valence-corrected chi connectivity index (χ0v) is 23.4. The largest absolute Gasteiger partial charge is 0.478 e. The van der Waals surface area contributed by atoms with Gasteiger partial charge in [0, 0.05) is 19.9 Å². The van der Waals surface area contributed by atoms with E-state index in [-0.39, 0.29) is 37.3 Å². The lowest BCUT2D eigenvalue weighted by Crippen LogP contribution is -2.51. The predicted molar refractivity (Wildman–Crippen MR) is 154 cm³/mol. The Kier molecular flexibility index (Phi) is 16.4. The summed E-state index contributed by atoms with van der Waals surface area (Å²) in [6.45, 7) is 5.06. The van der Waals surface area contributed by atoms with Gasteiger partial charge in [-0.25, -0.2) is 9.59 Å². The van der Waals surface area contributed by atoms with Crippen molar-refractivity contribution in [2.45, 2.75) is 57.5 Å². The molecule has 0 aliphatic carbocycles. The molecule has 1 rings (SSSR count). The van der Waals surface area contributed by atoms with Gasteiger partial charge < -0.3 is 21.1 Å². The van der Waals surface area contributed by atoms with E-state index in [2.05, 4.69) is 33.2 Å². The summed E-state index contributed by atoms with van der Waals surface area (Å²) in [5.41, 5.74) is 1.02. The Hall–Kier alpha value is -4.58. The average molecular weight is 570 g/mol. The molecule has 1 aromatic carbocycles. The number of amides is 5. The first-order valence-electron chi connectivity index (χ1n) is 13.2. The number of urea groups is 1. The van der Waals surface area contributed by atoms with Crippen LogP contribution in [-0.2, 0) is 25.6 Å². The minimum absolute atomic E-state index is 0.0199. The van der Waals surface area contributed by atoms with Gasteiger partial charge >= 0.3 is 12.0 Å². The number of aromatic carboxylic acids is 1. The Morgan fingerprint density at radius 1 is 0.951 bits per heavy atom. The number of carbonyl (C=O) groups excluding carboxylic acids is 5. The molecule has 1 aromatic rings. The second kappa shape index (κ2) is 19.5. The highest BCUT2D eigenvalue weighted by Gasteiger charge is 2.22. The normalized spacial score (nSPS) is 12.3. The summed E-state index contributed by atoms with van der Waals surface area (Å²) in [4.78, 5) is 71.7. The van der Waals surface area contributed by atoms with Crippen LogP contribution in [0.2, 0.25) is 0 Å². The van der Waals surface area contributed by atoms with Crippen molar-refractivity contribution in [1.29, 1.82) is 0 Å². The summed E-state index contributed by atoms with van der Waals surface area (Å²) in [6.07, 6.45) is 10.1. The molecule has 5 amide bonds. The lowest BCUT2D eigenvalue weighted by Gasteiger charge is -2.18. The molecule has 0 saturated carbocycles. The molecule has 0 radical (unpaired) electrons. The van der Waals surface area contributed by atoms with Crippen molar-refractivity contribution in [3.05, 3.63) is 72.4 Å². The first kappa shape index (κ1) is 34.4. The van der Waals surface area contributed by atoms with Crippen molar-refractivity contribution in [1.82, 2.24) is 26.6 Å². The summed E-state index contributed by atoms with van der Waals surface area (Å²) in [5.74, 6) is -2.58. The van der Waals surface area contributed by atoms with E-state index >= 15 is 0 Å². The molecular formula is C29H39N5O7. The number of hydrogen-bond acceptors (Lipinski definition) is 7. The molecule has 6 N–H and O–H groups in total. The number of imide groups is 1. The quantitative estimate of drug-likeness (QED) is 0.114. The van der Waals surface area contributed by atoms with Crippen molar-refractivity contribution in [3.8, 4) is 0 Å². The standard InChI is InChI=1S/C29H39N5O7/c1-4-5-6-7-8-11-23(20(2)35)31-19-32-25(36)18-17-24(27(38)30-3)33-29(41)34-26(37)12-9-10-21-13-15-22(16-14-21)28(39)40/h4-8,13-16,23-24,31H,1,9-12,17-19H2,2-3H3,(H,30,38)(H,32,36)(H,39,40)(H2,33,34,37,41)/b6-5-,8-7+/t23-,24-/m0/s1. The van der Waals surface area contributed by atoms with Gasteiger partial charge in [0.2, 0.25) is 17.7 Å². The van der Waals surface area contributed by atoms with Crippen LogP contribution in [0.15, 0.2) is 61.2 Å². The van der Waals surface area contributed by atoms with Gasteiger partial charge in [-0.3, -0.25) is 29.8 Å². The number of nitrogens with one attached hydrogen (secondary N) is 5. The molecule has 0 fully saturated rings. The molecule has 0 bridgehead atoms. The van der Waals surface area contributed by atoms with E-state index in [1.54, 1.807) is 36.4 Å². The van der Waals surface area contributed by atoms with Crippen LogP contribution < -0.4 is 26.6 Å². The van der Waals surface area contributed by atoms with Crippen molar-refractivity contribution < 1.29 is 33.9 Å². The van der Waals surface area contributed by atoms with Gasteiger partial charge in [0.1, 0.15) is 11.8 Å². The average Bonchev–Trinajstić information content (AvgIpc) is 2.93. The Labute approximate surface area is 239 Å². The maximum Gasteiger partial charge on any atom is 0.335 e. The van der Waals surface area contributed by atoms with Gasteiger partial charge in [-0.1, -0.05) is 49.1 Å². The molecule has 2 atom stereocenters. The minimum atomic E-state index is -1.06. The molecular weight excluding hydrogens is 530 g/mol. The highest BCUT2D eigenvalue weighted by atomic mass is 16.4. The minimum Gasteiger partial charge on any atom is -0.478 e. The van der Waals surface area contributed by atoms with Crippen LogP contribution in [0, 0.1) is 0 Å². The molecule has 0 spiro atoms. The topological polar surface area (TPSA) is 183 Å². The molecule has 41 heavy (non-hydrogen) atoms. The van der Waals surface area contributed by atoms with Crippen LogP contribution in [-0.4, -0.2) is 66.4 Å². The van der Waals surface area contributed by atoms with Crippen molar-refractivity contribution in [2.24, 2.45) is 0 Å². The molecule has 222 valence electrons. The predicted octanol–water partition coefficient (Wildman–Crippen LogP) is 1.74. The van der Waals surface area contributed by atoms with Gasteiger partial charge in [0.05, 0.1) is 18.3 Å². The monoisotopic (exact) mass is 569 g/mol. The number of carboxylic acids is 1. The lowest BCUT2D eigenvalue weighted by molar-refractivity contribution is -0.124. The Balaban J connectivity index is 2.44. The van der Waals surface area contributed by atoms with Crippen molar-refractivity contribution in [2.75, 3.05) is 13.7 Å². The maximum absolute atomic E-state index is 12.3. The fraction of sp³-hybridized carbons (Fsp3) is 0.379. The fourth-order valence-electron chi connectivity index (χ4n) is 3.56. The van der Waals surface area contributed by atoms with Crippen LogP contribution in [0.3, 0.4) is 0 Å². The lowest BCUT2D eigenvalue weighted by atomic mass is 10.1. The second-order valence-corrected chi connectivity index (χ2v) is 9.01. The second-order valence-electron chi connectivity index (χ2n) is 9.01. The van der Waals surface area contributed by atoms with E-state index in [1.807, 2.05) is 6.08 Å². The zero-order chi connectivity index (χ0) is 30.6. The molecule has 0 heterocycles. The molecule has 0 unspecified atom stereocenters. The Morgan fingerprint density at radius 2 is 1.66 bits per heavy atom. The molecule has 0 saturated heterocycles. The molecule has 0 aliphatic rings. The number of ketones is 1. The highest BCUT2D eigenvalue weighted by Crippen LogP contribution is 2.08. The van der Waals surface area contributed by atoms with Crippen LogP contribution >= 0.6 is 0 Å². The Morgan fingerprint density at radius 3 is 2.27 bits per heavy atom. The third-order valence-corrected chi connectivity index (χ3v) is 5.84. The number of hydrogen-bond donors (Lipinski definition) is 6. The summed E-state index contributed by atoms with van der Waals surface area (Å²) >= 11 is 0. The SMILES string of the molecule is C=C/C=C\C=C\C[C@H](NCNC(=O)CC[C@H](NC(=O)NC(=O)CCCc1ccc(C(=O)O)cc1)C(=O)NC)C(C)=O. The molecule has 12 nitrogen and oxygen atoms in total. The third-order valence-electron chi connectivity index (χ3n) is 5.84. The van der Waals surface area contributed by atoms with Crippen LogP contribution in [0.4, 0.5) is 4.79 Å². The van der Waals surface area contributed by atoms with Gasteiger partial charge in [-0.15, -0.1) is 0 Å². The third kappa shape index (κ3) is 15.0. The summed E-state index contributed by atoms with van der Waals surface area (Å²) in [6, 6.07) is 3.88. The first-order valence-corrected chi connectivity index (χ1v) is 13.2. The molecule has 0 aliphatic heterocycles. The smallest absolute Gasteiger partial charge is 0.335 e. The van der Waals surface area contributed by atoms with E-state index in [9.17, 15) is 28.8 Å². The highest BCUT2D eigenvalue weighted by molar-refractivity contribution is 5.96. The fourth-order valence-corrected chi connectivity index (χ4v) is 3.56.